The molecule has 2 heteroatoms. The van der Waals surface area contributed by atoms with Gasteiger partial charge in [-0.25, -0.2) is 4.39 Å². The van der Waals surface area contributed by atoms with Crippen LogP contribution in [0, 0.1) is 5.82 Å². The third-order valence-corrected chi connectivity index (χ3v) is 1.47. The van der Waals surface area contributed by atoms with E-state index in [2.05, 4.69) is 5.32 Å². The Morgan fingerprint density at radius 1 is 1.75 bits per heavy atom. The number of benzene rings is 1. The van der Waals surface area contributed by atoms with Crippen LogP contribution in [-0.4, -0.2) is 13.1 Å². The summed E-state index contributed by atoms with van der Waals surface area (Å²) < 4.78 is 51.0. The Balaban J connectivity index is 3.19. The van der Waals surface area contributed by atoms with Crippen LogP contribution in [0.1, 0.15) is 19.3 Å². The number of hydrogen-bond acceptors (Lipinski definition) is 1. The van der Waals surface area contributed by atoms with E-state index < -0.39 is 25.1 Å². The molecule has 0 aliphatic carbocycles. The first kappa shape index (κ1) is 4.38. The maximum absolute atomic E-state index is 13.5. The normalized spacial score (nSPS) is 25.3. The van der Waals surface area contributed by atoms with Crippen LogP contribution >= 0.6 is 0 Å². The van der Waals surface area contributed by atoms with E-state index in [-0.39, 0.29) is 5.56 Å². The topological polar surface area (TPSA) is 12.0 Å². The maximum atomic E-state index is 13.5. The lowest BCUT2D eigenvalue weighted by molar-refractivity contribution is 0.564. The summed E-state index contributed by atoms with van der Waals surface area (Å²) in [4.78, 5) is 0. The summed E-state index contributed by atoms with van der Waals surface area (Å²) in [6.07, 6.45) is -1.54. The lowest BCUT2D eigenvalue weighted by Crippen LogP contribution is -2.23. The van der Waals surface area contributed by atoms with Crippen molar-refractivity contribution in [3.8, 4) is 0 Å². The van der Waals surface area contributed by atoms with Gasteiger partial charge >= 0.3 is 0 Å². The van der Waals surface area contributed by atoms with E-state index in [1.807, 2.05) is 0 Å². The fourth-order valence-corrected chi connectivity index (χ4v) is 0.820. The average molecular weight is 172 g/mol. The van der Waals surface area contributed by atoms with E-state index in [4.69, 9.17) is 6.85 Å². The summed E-state index contributed by atoms with van der Waals surface area (Å²) in [5, 5.41) is 2.29. The Labute approximate surface area is 79.6 Å². The Hall–Kier alpha value is -0.890. The van der Waals surface area contributed by atoms with Crippen LogP contribution in [0.3, 0.4) is 0 Å². The lowest BCUT2D eigenvalue weighted by atomic mass is 10.1. The second kappa shape index (κ2) is 4.21. The van der Waals surface area contributed by atoms with Crippen LogP contribution in [0.25, 0.3) is 0 Å². The number of rotatable bonds is 3. The van der Waals surface area contributed by atoms with Gasteiger partial charge in [0.1, 0.15) is 5.82 Å². The largest absolute Gasteiger partial charge is 0.317 e. The van der Waals surface area contributed by atoms with Gasteiger partial charge in [0.05, 0.1) is 0 Å². The molecule has 0 aliphatic rings. The van der Waals surface area contributed by atoms with Gasteiger partial charge in [-0.05, 0) is 31.9 Å². The van der Waals surface area contributed by atoms with Gasteiger partial charge in [-0.1, -0.05) is 18.2 Å². The van der Waals surface area contributed by atoms with Crippen molar-refractivity contribution in [3.05, 3.63) is 35.6 Å². The molecule has 1 aromatic carbocycles. The van der Waals surface area contributed by atoms with Crippen LogP contribution in [0.15, 0.2) is 24.3 Å². The monoisotopic (exact) mass is 172 g/mol. The van der Waals surface area contributed by atoms with Crippen molar-refractivity contribution in [2.24, 2.45) is 0 Å². The maximum Gasteiger partial charge on any atom is 0.126 e. The SMILES string of the molecule is [2H]C(c1ccccc1F)C([2H])(NC)C([2H])([2H])[2H]. The molecular formula is C10H14FN. The fourth-order valence-electron chi connectivity index (χ4n) is 0.820. The number of halogens is 1. The van der Waals surface area contributed by atoms with E-state index in [1.165, 1.54) is 25.2 Å². The second-order valence-corrected chi connectivity index (χ2v) is 2.33. The number of likely N-dealkylation sites (N-methyl/N-ethyl adjacent to an activating group) is 1. The Morgan fingerprint density at radius 3 is 3.08 bits per heavy atom. The molecule has 0 heterocycles. The van der Waals surface area contributed by atoms with Crippen molar-refractivity contribution in [2.75, 3.05) is 7.05 Å². The first-order chi connectivity index (χ1) is 7.74. The van der Waals surface area contributed by atoms with Crippen molar-refractivity contribution in [1.82, 2.24) is 5.32 Å². The van der Waals surface area contributed by atoms with Gasteiger partial charge in [0.2, 0.25) is 0 Å². The van der Waals surface area contributed by atoms with Crippen molar-refractivity contribution in [2.45, 2.75) is 19.3 Å². The summed E-state index contributed by atoms with van der Waals surface area (Å²) in [7, 11) is 1.28. The molecule has 0 spiro atoms. The third-order valence-electron chi connectivity index (χ3n) is 1.47. The van der Waals surface area contributed by atoms with Gasteiger partial charge in [-0.2, -0.15) is 0 Å². The van der Waals surface area contributed by atoms with Gasteiger partial charge in [0, 0.05) is 12.9 Å². The van der Waals surface area contributed by atoms with E-state index in [0.29, 0.717) is 0 Å². The van der Waals surface area contributed by atoms with Gasteiger partial charge in [-0.3, -0.25) is 0 Å². The summed E-state index contributed by atoms with van der Waals surface area (Å²) >= 11 is 0. The van der Waals surface area contributed by atoms with Crippen LogP contribution in [-0.2, 0) is 6.40 Å². The molecule has 0 aliphatic heterocycles. The van der Waals surface area contributed by atoms with E-state index in [0.717, 1.165) is 6.07 Å². The summed E-state index contributed by atoms with van der Waals surface area (Å²) in [5.41, 5.74) is -0.104. The van der Waals surface area contributed by atoms with Crippen LogP contribution < -0.4 is 5.32 Å². The van der Waals surface area contributed by atoms with Gasteiger partial charge < -0.3 is 5.32 Å². The molecule has 0 amide bonds. The molecule has 1 rings (SSSR count). The Kier molecular flexibility index (Phi) is 1.54. The highest BCUT2D eigenvalue weighted by atomic mass is 19.1. The molecule has 1 aromatic rings. The molecule has 0 bridgehead atoms. The summed E-state index contributed by atoms with van der Waals surface area (Å²) in [6, 6.07) is 3.18. The van der Waals surface area contributed by atoms with Crippen LogP contribution in [0.5, 0.6) is 0 Å². The molecule has 0 radical (unpaired) electrons. The molecule has 0 aromatic heterocycles. The van der Waals surface area contributed by atoms with Crippen molar-refractivity contribution >= 4 is 0 Å². The van der Waals surface area contributed by atoms with Gasteiger partial charge in [0.25, 0.3) is 0 Å². The lowest BCUT2D eigenvalue weighted by Gasteiger charge is -2.09. The van der Waals surface area contributed by atoms with E-state index in [9.17, 15) is 4.39 Å². The van der Waals surface area contributed by atoms with Gasteiger partial charge in [-0.15, -0.1) is 0 Å². The molecule has 66 valence electrons. The smallest absolute Gasteiger partial charge is 0.126 e. The molecule has 2 atom stereocenters. The van der Waals surface area contributed by atoms with E-state index >= 15 is 0 Å². The molecule has 0 saturated heterocycles. The molecule has 2 unspecified atom stereocenters. The zero-order valence-electron chi connectivity index (χ0n) is 11.8. The summed E-state index contributed by atoms with van der Waals surface area (Å²) in [5.74, 6) is -0.677. The molecule has 0 saturated carbocycles. The molecular weight excluding hydrogens is 153 g/mol. The average Bonchev–Trinajstić information content (AvgIpc) is 2.26. The minimum Gasteiger partial charge on any atom is -0.317 e. The number of nitrogens with one attached hydrogen (secondary N) is 1. The fraction of sp³-hybridized carbons (Fsp3) is 0.400. The van der Waals surface area contributed by atoms with Crippen LogP contribution in [0.4, 0.5) is 4.39 Å². The highest BCUT2D eigenvalue weighted by molar-refractivity contribution is 5.18. The first-order valence-corrected chi connectivity index (χ1v) is 3.59. The Morgan fingerprint density at radius 2 is 2.50 bits per heavy atom. The van der Waals surface area contributed by atoms with Crippen molar-refractivity contribution in [1.29, 1.82) is 0 Å². The molecule has 12 heavy (non-hydrogen) atoms. The minimum atomic E-state index is -2.73. The predicted octanol–water partition coefficient (Wildman–Crippen LogP) is 1.98. The standard InChI is InChI=1S/C10H14FN/c1-8(12-2)7-9-5-3-4-6-10(9)11/h3-6,8,12H,7H2,1-2H3/i1D3,7D,8D. The molecule has 1 N–H and O–H groups in total. The van der Waals surface area contributed by atoms with E-state index in [1.54, 1.807) is 0 Å². The molecule has 0 fully saturated rings. The minimum absolute atomic E-state index is 0.104. The predicted molar refractivity (Wildman–Crippen MR) is 48.6 cm³/mol. The zero-order valence-corrected chi connectivity index (χ0v) is 6.76. The second-order valence-electron chi connectivity index (χ2n) is 2.33. The summed E-state index contributed by atoms with van der Waals surface area (Å²) in [6.45, 7) is -2.73. The third kappa shape index (κ3) is 2.31. The van der Waals surface area contributed by atoms with Crippen LogP contribution in [0.2, 0.25) is 0 Å². The highest BCUT2D eigenvalue weighted by Crippen LogP contribution is 2.08. The number of hydrogen-bond donors (Lipinski definition) is 1. The van der Waals surface area contributed by atoms with Gasteiger partial charge in [0.15, 0.2) is 0 Å². The zero-order chi connectivity index (χ0) is 13.3. The highest BCUT2D eigenvalue weighted by Gasteiger charge is 2.04. The first-order valence-electron chi connectivity index (χ1n) is 6.17. The molecule has 1 nitrogen and oxygen atoms in total. The van der Waals surface area contributed by atoms with Crippen molar-refractivity contribution < 1.29 is 11.2 Å². The quantitative estimate of drug-likeness (QED) is 0.735. The van der Waals surface area contributed by atoms with Crippen molar-refractivity contribution in [3.63, 3.8) is 0 Å². The Bertz CT molecular complexity index is 395.